The van der Waals surface area contributed by atoms with Crippen LogP contribution in [0.1, 0.15) is 17.3 Å². The molecule has 3 aromatic rings. The molecule has 0 aliphatic carbocycles. The van der Waals surface area contributed by atoms with E-state index < -0.39 is 0 Å². The van der Waals surface area contributed by atoms with Crippen molar-refractivity contribution in [2.75, 3.05) is 23.8 Å². The number of carbonyl (C=O) groups is 1. The Hall–Kier alpha value is -3.21. The topological polar surface area (TPSA) is 104 Å². The zero-order chi connectivity index (χ0) is 17.5. The van der Waals surface area contributed by atoms with Crippen molar-refractivity contribution in [3.63, 3.8) is 0 Å². The van der Waals surface area contributed by atoms with Gasteiger partial charge >= 0.3 is 5.97 Å². The lowest BCUT2D eigenvalue weighted by Crippen LogP contribution is -2.04. The minimum absolute atomic E-state index is 0.308. The van der Waals surface area contributed by atoms with Crippen molar-refractivity contribution < 1.29 is 9.53 Å². The highest BCUT2D eigenvalue weighted by molar-refractivity contribution is 6.00. The number of hydrogen-bond acceptors (Lipinski definition) is 5. The van der Waals surface area contributed by atoms with Crippen molar-refractivity contribution in [1.29, 1.82) is 0 Å². The van der Waals surface area contributed by atoms with Gasteiger partial charge in [0.25, 0.3) is 0 Å². The summed E-state index contributed by atoms with van der Waals surface area (Å²) in [5.41, 5.74) is 19.7. The first kappa shape index (κ1) is 17.1. The van der Waals surface area contributed by atoms with E-state index in [0.717, 1.165) is 22.1 Å². The molecular weight excluding hydrogens is 302 g/mol. The van der Waals surface area contributed by atoms with Crippen LogP contribution in [0.3, 0.4) is 0 Å². The molecule has 0 fully saturated rings. The Morgan fingerprint density at radius 2 is 1.33 bits per heavy atom. The van der Waals surface area contributed by atoms with E-state index in [9.17, 15) is 4.79 Å². The van der Waals surface area contributed by atoms with E-state index in [-0.39, 0.29) is 5.97 Å². The number of rotatable bonds is 2. The SMILES string of the molecule is CCOC(=O)c1ccc(N)cc1.Nc1ccc(N)c2ccccc12. The lowest BCUT2D eigenvalue weighted by Gasteiger charge is -2.03. The van der Waals surface area contributed by atoms with Gasteiger partial charge < -0.3 is 21.9 Å². The molecule has 3 aromatic carbocycles. The number of esters is 1. The average molecular weight is 323 g/mol. The summed E-state index contributed by atoms with van der Waals surface area (Å²) >= 11 is 0. The summed E-state index contributed by atoms with van der Waals surface area (Å²) in [5.74, 6) is -0.308. The lowest BCUT2D eigenvalue weighted by atomic mass is 10.1. The predicted octanol–water partition coefficient (Wildman–Crippen LogP) is 3.45. The summed E-state index contributed by atoms with van der Waals surface area (Å²) in [7, 11) is 0. The van der Waals surface area contributed by atoms with Crippen molar-refractivity contribution in [1.82, 2.24) is 0 Å². The van der Waals surface area contributed by atoms with Gasteiger partial charge in [-0.2, -0.15) is 0 Å². The molecule has 0 aliphatic rings. The van der Waals surface area contributed by atoms with Gasteiger partial charge in [-0.05, 0) is 43.3 Å². The molecule has 0 saturated heterocycles. The van der Waals surface area contributed by atoms with Crippen LogP contribution in [0.15, 0.2) is 60.7 Å². The number of nitrogen functional groups attached to an aromatic ring is 3. The number of anilines is 3. The quantitative estimate of drug-likeness (QED) is 0.495. The molecule has 0 amide bonds. The fourth-order valence-corrected chi connectivity index (χ4v) is 2.18. The fourth-order valence-electron chi connectivity index (χ4n) is 2.18. The number of carbonyl (C=O) groups excluding carboxylic acids is 1. The van der Waals surface area contributed by atoms with Gasteiger partial charge in [0, 0.05) is 27.8 Å². The van der Waals surface area contributed by atoms with Crippen LogP contribution in [0.5, 0.6) is 0 Å². The molecule has 0 atom stereocenters. The third-order valence-corrected chi connectivity index (χ3v) is 3.41. The molecule has 124 valence electrons. The van der Waals surface area contributed by atoms with Gasteiger partial charge in [-0.1, -0.05) is 24.3 Å². The highest BCUT2D eigenvalue weighted by Crippen LogP contribution is 2.25. The Morgan fingerprint density at radius 1 is 0.833 bits per heavy atom. The highest BCUT2D eigenvalue weighted by atomic mass is 16.5. The zero-order valence-corrected chi connectivity index (χ0v) is 13.5. The minimum atomic E-state index is -0.308. The van der Waals surface area contributed by atoms with E-state index in [4.69, 9.17) is 21.9 Å². The molecule has 0 radical (unpaired) electrons. The molecule has 0 aromatic heterocycles. The van der Waals surface area contributed by atoms with E-state index in [2.05, 4.69) is 0 Å². The van der Waals surface area contributed by atoms with E-state index in [0.29, 0.717) is 17.9 Å². The largest absolute Gasteiger partial charge is 0.462 e. The minimum Gasteiger partial charge on any atom is -0.462 e. The lowest BCUT2D eigenvalue weighted by molar-refractivity contribution is 0.0526. The molecule has 3 rings (SSSR count). The molecule has 0 spiro atoms. The normalized spacial score (nSPS) is 9.88. The Kier molecular flexibility index (Phi) is 5.63. The molecule has 0 unspecified atom stereocenters. The third-order valence-electron chi connectivity index (χ3n) is 3.41. The number of ether oxygens (including phenoxy) is 1. The summed E-state index contributed by atoms with van der Waals surface area (Å²) in [6.45, 7) is 2.17. The molecular formula is C19H21N3O2. The van der Waals surface area contributed by atoms with Crippen LogP contribution in [0.4, 0.5) is 17.1 Å². The summed E-state index contributed by atoms with van der Waals surface area (Å²) in [5, 5.41) is 2.05. The zero-order valence-electron chi connectivity index (χ0n) is 13.5. The van der Waals surface area contributed by atoms with Gasteiger partial charge in [0.2, 0.25) is 0 Å². The van der Waals surface area contributed by atoms with Crippen LogP contribution in [0.25, 0.3) is 10.8 Å². The Bertz CT molecular complexity index is 789. The van der Waals surface area contributed by atoms with Crippen LogP contribution < -0.4 is 17.2 Å². The number of benzene rings is 3. The monoisotopic (exact) mass is 323 g/mol. The van der Waals surface area contributed by atoms with Gasteiger partial charge in [-0.25, -0.2) is 4.79 Å². The Morgan fingerprint density at radius 3 is 1.79 bits per heavy atom. The summed E-state index contributed by atoms with van der Waals surface area (Å²) in [6.07, 6.45) is 0. The van der Waals surface area contributed by atoms with Crippen LogP contribution in [-0.4, -0.2) is 12.6 Å². The fraction of sp³-hybridized carbons (Fsp3) is 0.105. The standard InChI is InChI=1S/C10H10N2.C9H11NO2/c11-9-5-6-10(12)8-4-2-1-3-7(8)9;1-2-12-9(11)7-3-5-8(10)6-4-7/h1-6H,11-12H2;3-6H,2,10H2,1H3. The summed E-state index contributed by atoms with van der Waals surface area (Å²) in [6, 6.07) is 18.2. The highest BCUT2D eigenvalue weighted by Gasteiger charge is 2.03. The number of hydrogen-bond donors (Lipinski definition) is 3. The molecule has 0 heterocycles. The predicted molar refractivity (Wildman–Crippen MR) is 99.6 cm³/mol. The molecule has 0 aliphatic heterocycles. The van der Waals surface area contributed by atoms with Gasteiger partial charge in [0.1, 0.15) is 0 Å². The van der Waals surface area contributed by atoms with Crippen molar-refractivity contribution >= 4 is 33.8 Å². The van der Waals surface area contributed by atoms with Crippen molar-refractivity contribution in [2.45, 2.75) is 6.92 Å². The van der Waals surface area contributed by atoms with E-state index in [1.165, 1.54) is 0 Å². The molecule has 5 heteroatoms. The summed E-state index contributed by atoms with van der Waals surface area (Å²) in [4.78, 5) is 11.1. The van der Waals surface area contributed by atoms with E-state index in [1.807, 2.05) is 36.4 Å². The van der Waals surface area contributed by atoms with E-state index in [1.54, 1.807) is 31.2 Å². The first-order valence-corrected chi connectivity index (χ1v) is 7.58. The Balaban J connectivity index is 0.000000174. The smallest absolute Gasteiger partial charge is 0.338 e. The molecule has 24 heavy (non-hydrogen) atoms. The summed E-state index contributed by atoms with van der Waals surface area (Å²) < 4.78 is 4.79. The average Bonchev–Trinajstić information content (AvgIpc) is 2.60. The van der Waals surface area contributed by atoms with Gasteiger partial charge in [-0.15, -0.1) is 0 Å². The Labute approximate surface area is 141 Å². The number of nitrogens with two attached hydrogens (primary N) is 3. The van der Waals surface area contributed by atoms with Gasteiger partial charge in [-0.3, -0.25) is 0 Å². The van der Waals surface area contributed by atoms with Gasteiger partial charge in [0.15, 0.2) is 0 Å². The third kappa shape index (κ3) is 4.16. The molecule has 6 N–H and O–H groups in total. The van der Waals surface area contributed by atoms with E-state index >= 15 is 0 Å². The first-order valence-electron chi connectivity index (χ1n) is 7.58. The maximum absolute atomic E-state index is 11.1. The van der Waals surface area contributed by atoms with Crippen LogP contribution in [0.2, 0.25) is 0 Å². The van der Waals surface area contributed by atoms with Crippen LogP contribution in [-0.2, 0) is 4.74 Å². The maximum atomic E-state index is 11.1. The number of fused-ring (bicyclic) bond motifs is 1. The second-order valence-electron chi connectivity index (χ2n) is 5.13. The molecule has 0 saturated carbocycles. The molecule has 0 bridgehead atoms. The van der Waals surface area contributed by atoms with Crippen molar-refractivity contribution in [3.8, 4) is 0 Å². The first-order chi connectivity index (χ1) is 11.5. The van der Waals surface area contributed by atoms with Crippen molar-refractivity contribution in [2.24, 2.45) is 0 Å². The second kappa shape index (κ2) is 7.87. The van der Waals surface area contributed by atoms with Crippen LogP contribution in [0, 0.1) is 0 Å². The van der Waals surface area contributed by atoms with Gasteiger partial charge in [0.05, 0.1) is 12.2 Å². The molecule has 5 nitrogen and oxygen atoms in total. The van der Waals surface area contributed by atoms with Crippen molar-refractivity contribution in [3.05, 3.63) is 66.2 Å². The van der Waals surface area contributed by atoms with Crippen LogP contribution >= 0.6 is 0 Å². The second-order valence-corrected chi connectivity index (χ2v) is 5.13. The maximum Gasteiger partial charge on any atom is 0.338 e.